The summed E-state index contributed by atoms with van der Waals surface area (Å²) in [5.41, 5.74) is 2.34. The van der Waals surface area contributed by atoms with E-state index in [0.717, 1.165) is 23.4 Å². The Bertz CT molecular complexity index is 1040. The SMILES string of the molecule is O=C(c1cc([N+](=O)[O-])[nH]n1)N1CCN(Cc2cccc(OCc3ccccc3)c2)CC1. The summed E-state index contributed by atoms with van der Waals surface area (Å²) in [6.45, 7) is 3.81. The zero-order chi connectivity index (χ0) is 21.6. The van der Waals surface area contributed by atoms with E-state index in [1.807, 2.05) is 48.5 Å². The number of aromatic nitrogens is 2. The molecule has 1 fully saturated rings. The van der Waals surface area contributed by atoms with Crippen LogP contribution in [0.3, 0.4) is 0 Å². The first-order valence-electron chi connectivity index (χ1n) is 10.1. The van der Waals surface area contributed by atoms with Gasteiger partial charge in [0.2, 0.25) is 0 Å². The molecule has 1 aliphatic heterocycles. The lowest BCUT2D eigenvalue weighted by Gasteiger charge is -2.34. The van der Waals surface area contributed by atoms with Crippen molar-refractivity contribution in [3.05, 3.63) is 87.6 Å². The quantitative estimate of drug-likeness (QED) is 0.465. The summed E-state index contributed by atoms with van der Waals surface area (Å²) in [5, 5.41) is 16.8. The van der Waals surface area contributed by atoms with Crippen LogP contribution >= 0.6 is 0 Å². The van der Waals surface area contributed by atoms with Gasteiger partial charge in [-0.05, 0) is 28.2 Å². The smallest absolute Gasteiger partial charge is 0.343 e. The second kappa shape index (κ2) is 9.40. The van der Waals surface area contributed by atoms with Crippen molar-refractivity contribution in [1.82, 2.24) is 20.0 Å². The molecule has 0 spiro atoms. The number of nitro groups is 1. The van der Waals surface area contributed by atoms with E-state index in [2.05, 4.69) is 21.2 Å². The third-order valence-corrected chi connectivity index (χ3v) is 5.19. The van der Waals surface area contributed by atoms with Crippen LogP contribution in [0.1, 0.15) is 21.6 Å². The normalized spacial score (nSPS) is 14.4. The monoisotopic (exact) mass is 421 g/mol. The van der Waals surface area contributed by atoms with Gasteiger partial charge in [0.1, 0.15) is 12.4 Å². The predicted molar refractivity (Wildman–Crippen MR) is 114 cm³/mol. The van der Waals surface area contributed by atoms with E-state index < -0.39 is 4.92 Å². The summed E-state index contributed by atoms with van der Waals surface area (Å²) >= 11 is 0. The van der Waals surface area contributed by atoms with E-state index in [1.54, 1.807) is 4.90 Å². The Labute approximate surface area is 179 Å². The molecule has 0 radical (unpaired) electrons. The fourth-order valence-corrected chi connectivity index (χ4v) is 3.52. The number of nitrogens with zero attached hydrogens (tertiary/aromatic N) is 4. The molecule has 4 rings (SSSR count). The third-order valence-electron chi connectivity index (χ3n) is 5.19. The molecule has 2 heterocycles. The molecule has 1 amide bonds. The molecule has 31 heavy (non-hydrogen) atoms. The fourth-order valence-electron chi connectivity index (χ4n) is 3.52. The van der Waals surface area contributed by atoms with E-state index in [1.165, 1.54) is 6.07 Å². The topological polar surface area (TPSA) is 105 Å². The minimum atomic E-state index is -0.598. The van der Waals surface area contributed by atoms with Crippen molar-refractivity contribution in [2.24, 2.45) is 0 Å². The van der Waals surface area contributed by atoms with Crippen LogP contribution < -0.4 is 4.74 Å². The Balaban J connectivity index is 1.28. The van der Waals surface area contributed by atoms with Crippen molar-refractivity contribution in [1.29, 1.82) is 0 Å². The fraction of sp³-hybridized carbons (Fsp3) is 0.273. The summed E-state index contributed by atoms with van der Waals surface area (Å²) < 4.78 is 5.91. The number of hydrogen-bond acceptors (Lipinski definition) is 6. The van der Waals surface area contributed by atoms with Gasteiger partial charge in [0.15, 0.2) is 5.69 Å². The first kappa shape index (κ1) is 20.5. The van der Waals surface area contributed by atoms with Gasteiger partial charge in [-0.25, -0.2) is 0 Å². The number of amides is 1. The van der Waals surface area contributed by atoms with Gasteiger partial charge >= 0.3 is 5.82 Å². The van der Waals surface area contributed by atoms with E-state index in [4.69, 9.17) is 4.74 Å². The Hall–Kier alpha value is -3.72. The van der Waals surface area contributed by atoms with Gasteiger partial charge in [0.05, 0.1) is 6.07 Å². The van der Waals surface area contributed by atoms with Crippen molar-refractivity contribution in [3.63, 3.8) is 0 Å². The summed E-state index contributed by atoms with van der Waals surface area (Å²) in [5.74, 6) is 0.256. The first-order chi connectivity index (χ1) is 15.1. The molecule has 1 aromatic heterocycles. The van der Waals surface area contributed by atoms with Crippen LogP contribution in [0.15, 0.2) is 60.7 Å². The summed E-state index contributed by atoms with van der Waals surface area (Å²) in [6, 6.07) is 19.3. The number of carbonyl (C=O) groups is 1. The molecule has 0 bridgehead atoms. The maximum atomic E-state index is 12.5. The predicted octanol–water partition coefficient (Wildman–Crippen LogP) is 2.85. The highest BCUT2D eigenvalue weighted by Crippen LogP contribution is 2.18. The highest BCUT2D eigenvalue weighted by Gasteiger charge is 2.25. The highest BCUT2D eigenvalue weighted by molar-refractivity contribution is 5.92. The summed E-state index contributed by atoms with van der Waals surface area (Å²) in [7, 11) is 0. The maximum Gasteiger partial charge on any atom is 0.343 e. The first-order valence-corrected chi connectivity index (χ1v) is 10.1. The van der Waals surface area contributed by atoms with Crippen molar-refractivity contribution < 1.29 is 14.5 Å². The van der Waals surface area contributed by atoms with E-state index in [9.17, 15) is 14.9 Å². The zero-order valence-electron chi connectivity index (χ0n) is 16.9. The zero-order valence-corrected chi connectivity index (χ0v) is 16.9. The molecule has 0 unspecified atom stereocenters. The van der Waals surface area contributed by atoms with Crippen LogP contribution in [0.25, 0.3) is 0 Å². The van der Waals surface area contributed by atoms with Gasteiger partial charge in [0, 0.05) is 32.7 Å². The molecule has 1 saturated heterocycles. The van der Waals surface area contributed by atoms with Crippen LogP contribution in [-0.2, 0) is 13.2 Å². The average molecular weight is 421 g/mol. The Morgan fingerprint density at radius 1 is 1.03 bits per heavy atom. The third kappa shape index (κ3) is 5.26. The van der Waals surface area contributed by atoms with Crippen molar-refractivity contribution >= 4 is 11.7 Å². The van der Waals surface area contributed by atoms with Crippen LogP contribution in [0.4, 0.5) is 5.82 Å². The minimum Gasteiger partial charge on any atom is -0.489 e. The highest BCUT2D eigenvalue weighted by atomic mass is 16.6. The van der Waals surface area contributed by atoms with Crippen LogP contribution in [0.5, 0.6) is 5.75 Å². The molecule has 1 aliphatic rings. The number of aromatic amines is 1. The molecular weight excluding hydrogens is 398 g/mol. The van der Waals surface area contributed by atoms with E-state index in [-0.39, 0.29) is 17.4 Å². The van der Waals surface area contributed by atoms with Crippen molar-refractivity contribution in [2.75, 3.05) is 26.2 Å². The second-order valence-corrected chi connectivity index (χ2v) is 7.39. The Morgan fingerprint density at radius 2 is 1.77 bits per heavy atom. The molecule has 2 aromatic carbocycles. The lowest BCUT2D eigenvalue weighted by Crippen LogP contribution is -2.48. The Morgan fingerprint density at radius 3 is 2.48 bits per heavy atom. The Kier molecular flexibility index (Phi) is 6.23. The minimum absolute atomic E-state index is 0.0726. The number of rotatable bonds is 7. The van der Waals surface area contributed by atoms with Gasteiger partial charge in [-0.1, -0.05) is 47.6 Å². The van der Waals surface area contributed by atoms with Crippen LogP contribution in [-0.4, -0.2) is 57.0 Å². The average Bonchev–Trinajstić information content (AvgIpc) is 3.30. The molecule has 0 aliphatic carbocycles. The number of hydrogen-bond donors (Lipinski definition) is 1. The molecule has 1 N–H and O–H groups in total. The number of ether oxygens (including phenoxy) is 1. The second-order valence-electron chi connectivity index (χ2n) is 7.39. The van der Waals surface area contributed by atoms with Gasteiger partial charge in [0.25, 0.3) is 5.91 Å². The largest absolute Gasteiger partial charge is 0.489 e. The van der Waals surface area contributed by atoms with Gasteiger partial charge < -0.3 is 19.8 Å². The molecule has 9 heteroatoms. The van der Waals surface area contributed by atoms with Gasteiger partial charge in [-0.2, -0.15) is 0 Å². The molecule has 3 aromatic rings. The lowest BCUT2D eigenvalue weighted by atomic mass is 10.2. The number of H-pyrrole nitrogens is 1. The van der Waals surface area contributed by atoms with E-state index >= 15 is 0 Å². The van der Waals surface area contributed by atoms with Gasteiger partial charge in [-0.15, -0.1) is 5.10 Å². The number of piperazine rings is 1. The number of carbonyl (C=O) groups excluding carboxylic acids is 1. The van der Waals surface area contributed by atoms with Crippen LogP contribution in [0, 0.1) is 10.1 Å². The van der Waals surface area contributed by atoms with Crippen LogP contribution in [0.2, 0.25) is 0 Å². The molecule has 9 nitrogen and oxygen atoms in total. The molecule has 0 atom stereocenters. The van der Waals surface area contributed by atoms with E-state index in [0.29, 0.717) is 32.8 Å². The number of benzene rings is 2. The molecule has 160 valence electrons. The summed E-state index contributed by atoms with van der Waals surface area (Å²) in [4.78, 5) is 26.6. The molecule has 0 saturated carbocycles. The summed E-state index contributed by atoms with van der Waals surface area (Å²) in [6.07, 6.45) is 0. The van der Waals surface area contributed by atoms with Gasteiger partial charge in [-0.3, -0.25) is 9.69 Å². The standard InChI is InChI=1S/C22H23N5O4/c28-22(20-14-21(24-23-20)27(29)30)26-11-9-25(10-12-26)15-18-7-4-8-19(13-18)31-16-17-5-2-1-3-6-17/h1-8,13-14H,9-12,15-16H2,(H,23,24). The molecular formula is C22H23N5O4. The van der Waals surface area contributed by atoms with Crippen molar-refractivity contribution in [3.8, 4) is 5.75 Å². The lowest BCUT2D eigenvalue weighted by molar-refractivity contribution is -0.389. The number of nitrogens with one attached hydrogen (secondary N) is 1. The maximum absolute atomic E-state index is 12.5. The van der Waals surface area contributed by atoms with Crippen molar-refractivity contribution in [2.45, 2.75) is 13.2 Å².